The van der Waals surface area contributed by atoms with Gasteiger partial charge >= 0.3 is 0 Å². The highest BCUT2D eigenvalue weighted by Crippen LogP contribution is 2.29. The summed E-state index contributed by atoms with van der Waals surface area (Å²) >= 11 is 11.5. The van der Waals surface area contributed by atoms with Crippen LogP contribution in [-0.2, 0) is 17.8 Å². The van der Waals surface area contributed by atoms with Crippen LogP contribution < -0.4 is 10.1 Å². The van der Waals surface area contributed by atoms with Crippen LogP contribution in [0.25, 0.3) is 0 Å². The van der Waals surface area contributed by atoms with Crippen molar-refractivity contribution in [2.24, 2.45) is 0 Å². The van der Waals surface area contributed by atoms with Gasteiger partial charge in [0.2, 0.25) is 0 Å². The van der Waals surface area contributed by atoms with Crippen LogP contribution in [0.15, 0.2) is 30.3 Å². The van der Waals surface area contributed by atoms with Gasteiger partial charge in [0.25, 0.3) is 5.17 Å². The molecule has 0 bridgehead atoms. The van der Waals surface area contributed by atoms with E-state index in [0.717, 1.165) is 29.0 Å². The predicted octanol–water partition coefficient (Wildman–Crippen LogP) is 5.83. The Kier molecular flexibility index (Phi) is 7.09. The van der Waals surface area contributed by atoms with E-state index < -0.39 is 0 Å². The van der Waals surface area contributed by atoms with E-state index in [-0.39, 0.29) is 0 Å². The molecule has 3 nitrogen and oxygen atoms in total. The van der Waals surface area contributed by atoms with Crippen molar-refractivity contribution in [3.63, 3.8) is 0 Å². The third-order valence-corrected chi connectivity index (χ3v) is 4.59. The molecule has 0 radical (unpaired) electrons. The number of hydrogen-bond acceptors (Lipinski definition) is 3. The van der Waals surface area contributed by atoms with E-state index in [2.05, 4.69) is 38.2 Å². The molecule has 134 valence electrons. The molecule has 2 rings (SSSR count). The number of rotatable bonds is 6. The maximum absolute atomic E-state index is 6.37. The molecule has 0 aliphatic rings. The Bertz CT molecular complexity index is 762. The fraction of sp³-hybridized carbons (Fsp3) is 0.350. The van der Waals surface area contributed by atoms with Crippen molar-refractivity contribution < 1.29 is 9.47 Å². The highest BCUT2D eigenvalue weighted by molar-refractivity contribution is 7.80. The summed E-state index contributed by atoms with van der Waals surface area (Å²) in [7, 11) is 0. The summed E-state index contributed by atoms with van der Waals surface area (Å²) in [4.78, 5) is 0. The normalized spacial score (nSPS) is 10.4. The van der Waals surface area contributed by atoms with Gasteiger partial charge in [-0.15, -0.1) is 0 Å². The monoisotopic (exact) mass is 377 g/mol. The van der Waals surface area contributed by atoms with Crippen molar-refractivity contribution in [1.82, 2.24) is 0 Å². The molecule has 1 N–H and O–H groups in total. The Labute approximate surface area is 160 Å². The molecule has 0 spiro atoms. The summed E-state index contributed by atoms with van der Waals surface area (Å²) in [6.45, 7) is 9.08. The van der Waals surface area contributed by atoms with Gasteiger partial charge in [0.15, 0.2) is 0 Å². The fourth-order valence-electron chi connectivity index (χ4n) is 2.64. The number of aryl methyl sites for hydroxylation is 3. The van der Waals surface area contributed by atoms with E-state index in [9.17, 15) is 0 Å². The van der Waals surface area contributed by atoms with Crippen molar-refractivity contribution in [3.8, 4) is 5.75 Å². The van der Waals surface area contributed by atoms with Crippen LogP contribution in [0.2, 0.25) is 5.02 Å². The number of thiocarbonyl (C=S) groups is 1. The number of anilines is 1. The quantitative estimate of drug-likeness (QED) is 0.641. The van der Waals surface area contributed by atoms with Crippen LogP contribution in [0.1, 0.15) is 36.1 Å². The van der Waals surface area contributed by atoms with Crippen molar-refractivity contribution in [1.29, 1.82) is 0 Å². The second-order valence-corrected chi connectivity index (χ2v) is 6.58. The predicted molar refractivity (Wildman–Crippen MR) is 109 cm³/mol. The lowest BCUT2D eigenvalue weighted by Gasteiger charge is -2.17. The van der Waals surface area contributed by atoms with Gasteiger partial charge in [0, 0.05) is 16.3 Å². The van der Waals surface area contributed by atoms with E-state index in [0.29, 0.717) is 23.4 Å². The summed E-state index contributed by atoms with van der Waals surface area (Å²) in [6.07, 6.45) is 1.01. The van der Waals surface area contributed by atoms with Gasteiger partial charge in [0.1, 0.15) is 12.4 Å². The minimum absolute atomic E-state index is 0.324. The standard InChI is InChI=1S/C20H24ClNO2S/c1-5-15-10-14(4)19(11-13(15)3)24-12-16-17(21)8-7-9-18(16)22-20(25)23-6-2/h7-11H,5-6,12H2,1-4H3,(H,22,25). The lowest BCUT2D eigenvalue weighted by atomic mass is 10.0. The molecule has 2 aromatic rings. The maximum Gasteiger partial charge on any atom is 0.261 e. The summed E-state index contributed by atoms with van der Waals surface area (Å²) in [5.41, 5.74) is 5.34. The highest BCUT2D eigenvalue weighted by Gasteiger charge is 2.11. The van der Waals surface area contributed by atoms with Gasteiger partial charge in [-0.05, 0) is 74.3 Å². The van der Waals surface area contributed by atoms with Gasteiger partial charge in [-0.3, -0.25) is 0 Å². The van der Waals surface area contributed by atoms with E-state index in [4.69, 9.17) is 33.3 Å². The van der Waals surface area contributed by atoms with Crippen molar-refractivity contribution in [2.75, 3.05) is 11.9 Å². The molecule has 0 atom stereocenters. The van der Waals surface area contributed by atoms with E-state index in [1.165, 1.54) is 11.1 Å². The van der Waals surface area contributed by atoms with Gasteiger partial charge in [-0.2, -0.15) is 0 Å². The minimum Gasteiger partial charge on any atom is -0.488 e. The summed E-state index contributed by atoms with van der Waals surface area (Å²) in [5.74, 6) is 0.868. The average Bonchev–Trinajstić information content (AvgIpc) is 2.57. The number of ether oxygens (including phenoxy) is 2. The Morgan fingerprint density at radius 2 is 1.92 bits per heavy atom. The zero-order valence-electron chi connectivity index (χ0n) is 15.1. The first-order chi connectivity index (χ1) is 12.0. The number of benzene rings is 2. The first-order valence-electron chi connectivity index (χ1n) is 8.40. The third-order valence-electron chi connectivity index (χ3n) is 4.02. The molecule has 25 heavy (non-hydrogen) atoms. The Morgan fingerprint density at radius 3 is 2.60 bits per heavy atom. The van der Waals surface area contributed by atoms with Gasteiger partial charge in [0.05, 0.1) is 6.61 Å². The van der Waals surface area contributed by atoms with Crippen LogP contribution in [0.5, 0.6) is 5.75 Å². The molecular formula is C20H24ClNO2S. The Morgan fingerprint density at radius 1 is 1.16 bits per heavy atom. The van der Waals surface area contributed by atoms with E-state index in [1.54, 1.807) is 0 Å². The Balaban J connectivity index is 2.20. The van der Waals surface area contributed by atoms with E-state index >= 15 is 0 Å². The molecule has 0 saturated carbocycles. The largest absolute Gasteiger partial charge is 0.488 e. The van der Waals surface area contributed by atoms with Crippen LogP contribution in [0, 0.1) is 13.8 Å². The van der Waals surface area contributed by atoms with Gasteiger partial charge < -0.3 is 14.8 Å². The first kappa shape index (κ1) is 19.5. The fourth-order valence-corrected chi connectivity index (χ4v) is 3.09. The van der Waals surface area contributed by atoms with Crippen molar-refractivity contribution in [3.05, 3.63) is 57.6 Å². The van der Waals surface area contributed by atoms with Crippen LogP contribution >= 0.6 is 23.8 Å². The molecule has 0 unspecified atom stereocenters. The van der Waals surface area contributed by atoms with Crippen molar-refractivity contribution in [2.45, 2.75) is 40.7 Å². The second-order valence-electron chi connectivity index (χ2n) is 5.80. The number of nitrogens with one attached hydrogen (secondary N) is 1. The molecular weight excluding hydrogens is 354 g/mol. The lowest BCUT2D eigenvalue weighted by molar-refractivity contribution is 0.304. The minimum atomic E-state index is 0.324. The summed E-state index contributed by atoms with van der Waals surface area (Å²) < 4.78 is 11.4. The van der Waals surface area contributed by atoms with Crippen LogP contribution in [-0.4, -0.2) is 11.8 Å². The molecule has 0 heterocycles. The Hall–Kier alpha value is -1.78. The van der Waals surface area contributed by atoms with E-state index in [1.807, 2.05) is 25.1 Å². The zero-order valence-corrected chi connectivity index (χ0v) is 16.7. The summed E-state index contributed by atoms with van der Waals surface area (Å²) in [6, 6.07) is 9.89. The molecule has 5 heteroatoms. The molecule has 0 aromatic heterocycles. The van der Waals surface area contributed by atoms with Gasteiger partial charge in [-0.1, -0.05) is 30.7 Å². The highest BCUT2D eigenvalue weighted by atomic mass is 35.5. The molecule has 0 aliphatic heterocycles. The van der Waals surface area contributed by atoms with Gasteiger partial charge in [-0.25, -0.2) is 0 Å². The smallest absolute Gasteiger partial charge is 0.261 e. The topological polar surface area (TPSA) is 30.5 Å². The summed E-state index contributed by atoms with van der Waals surface area (Å²) in [5, 5.41) is 4.03. The maximum atomic E-state index is 6.37. The third kappa shape index (κ3) is 5.10. The van der Waals surface area contributed by atoms with Crippen LogP contribution in [0.4, 0.5) is 5.69 Å². The first-order valence-corrected chi connectivity index (χ1v) is 9.18. The molecule has 0 aliphatic carbocycles. The number of hydrogen-bond donors (Lipinski definition) is 1. The average molecular weight is 378 g/mol. The molecule has 0 fully saturated rings. The zero-order chi connectivity index (χ0) is 18.4. The number of halogens is 1. The molecule has 0 amide bonds. The molecule has 0 saturated heterocycles. The van der Waals surface area contributed by atoms with Crippen molar-refractivity contribution >= 4 is 34.7 Å². The van der Waals surface area contributed by atoms with Crippen LogP contribution in [0.3, 0.4) is 0 Å². The molecule has 2 aromatic carbocycles. The SMILES string of the molecule is CCOC(=S)Nc1cccc(Cl)c1COc1cc(C)c(CC)cc1C. The second kappa shape index (κ2) is 9.07. The lowest BCUT2D eigenvalue weighted by Crippen LogP contribution is -2.15.